The van der Waals surface area contributed by atoms with Crippen molar-refractivity contribution in [2.24, 2.45) is 0 Å². The van der Waals surface area contributed by atoms with E-state index in [0.29, 0.717) is 5.39 Å². The van der Waals surface area contributed by atoms with Gasteiger partial charge in [0.2, 0.25) is 6.29 Å². The van der Waals surface area contributed by atoms with Gasteiger partial charge in [0.05, 0.1) is 23.3 Å². The van der Waals surface area contributed by atoms with Gasteiger partial charge in [0.15, 0.2) is 0 Å². The molecule has 4 rings (SSSR count). The van der Waals surface area contributed by atoms with Crippen LogP contribution in [-0.4, -0.2) is 62.0 Å². The fraction of sp³-hybridized carbons (Fsp3) is 0.185. The highest BCUT2D eigenvalue weighted by Crippen LogP contribution is 2.33. The van der Waals surface area contributed by atoms with Gasteiger partial charge in [0.25, 0.3) is 11.8 Å². The van der Waals surface area contributed by atoms with Crippen molar-refractivity contribution in [3.8, 4) is 0 Å². The van der Waals surface area contributed by atoms with Gasteiger partial charge in [-0.2, -0.15) is 17.2 Å². The Kier molecular flexibility index (Phi) is 8.28. The number of imide groups is 1. The molecule has 0 saturated heterocycles. The van der Waals surface area contributed by atoms with Crippen LogP contribution in [-0.2, 0) is 33.4 Å². The van der Waals surface area contributed by atoms with Gasteiger partial charge in [-0.25, -0.2) is 9.59 Å². The summed E-state index contributed by atoms with van der Waals surface area (Å²) < 4.78 is 72.4. The first-order chi connectivity index (χ1) is 19.4. The van der Waals surface area contributed by atoms with Crippen molar-refractivity contribution in [3.63, 3.8) is 0 Å². The Morgan fingerprint density at radius 1 is 0.976 bits per heavy atom. The van der Waals surface area contributed by atoms with Crippen LogP contribution in [0.15, 0.2) is 67.2 Å². The standard InChI is InChI=1S/C27H21F2NO10S/c1-3-17-10-12-19(13-11-17)25(33)39-16(2)37-14-15-38-26(34)27(28,29)41(35,36)40-30-23(31)20-8-4-6-18-7-5-9-21(22(18)20)24(30)32/h3-13,16H,1,14-15H2,2H3. The number of hydrogen-bond donors (Lipinski definition) is 0. The molecule has 0 aromatic heterocycles. The van der Waals surface area contributed by atoms with E-state index < -0.39 is 58.6 Å². The molecule has 1 unspecified atom stereocenters. The minimum absolute atomic E-state index is 0.167. The van der Waals surface area contributed by atoms with Crippen molar-refractivity contribution in [2.75, 3.05) is 13.2 Å². The molecule has 1 aliphatic heterocycles. The van der Waals surface area contributed by atoms with Crippen molar-refractivity contribution in [2.45, 2.75) is 18.5 Å². The van der Waals surface area contributed by atoms with E-state index in [4.69, 9.17) is 9.47 Å². The largest absolute Gasteiger partial charge is 0.467 e. The fourth-order valence-electron chi connectivity index (χ4n) is 3.76. The summed E-state index contributed by atoms with van der Waals surface area (Å²) in [5.41, 5.74) is 0.640. The average molecular weight is 590 g/mol. The van der Waals surface area contributed by atoms with Crippen LogP contribution in [0, 0.1) is 0 Å². The number of rotatable bonds is 11. The molecule has 0 saturated carbocycles. The van der Waals surface area contributed by atoms with Crippen molar-refractivity contribution < 1.29 is 54.9 Å². The van der Waals surface area contributed by atoms with Crippen LogP contribution in [0.3, 0.4) is 0 Å². The van der Waals surface area contributed by atoms with Crippen molar-refractivity contribution in [1.29, 1.82) is 0 Å². The molecule has 0 spiro atoms. The molecule has 0 fully saturated rings. The molecule has 3 aromatic carbocycles. The van der Waals surface area contributed by atoms with Gasteiger partial charge in [0.1, 0.15) is 6.61 Å². The van der Waals surface area contributed by atoms with Crippen LogP contribution in [0.1, 0.15) is 43.6 Å². The van der Waals surface area contributed by atoms with Crippen molar-refractivity contribution in [1.82, 2.24) is 5.06 Å². The second kappa shape index (κ2) is 11.5. The van der Waals surface area contributed by atoms with E-state index in [2.05, 4.69) is 15.6 Å². The lowest BCUT2D eigenvalue weighted by Crippen LogP contribution is -2.48. The van der Waals surface area contributed by atoms with Crippen molar-refractivity contribution in [3.05, 3.63) is 89.5 Å². The third kappa shape index (κ3) is 5.84. The van der Waals surface area contributed by atoms with E-state index in [9.17, 15) is 36.4 Å². The molecule has 0 aliphatic carbocycles. The molecule has 3 aromatic rings. The average Bonchev–Trinajstić information content (AvgIpc) is 2.95. The van der Waals surface area contributed by atoms with Gasteiger partial charge >= 0.3 is 27.3 Å². The van der Waals surface area contributed by atoms with Gasteiger partial charge in [-0.05, 0) is 42.1 Å². The molecule has 14 heteroatoms. The minimum atomic E-state index is -6.24. The van der Waals surface area contributed by atoms with E-state index >= 15 is 0 Å². The summed E-state index contributed by atoms with van der Waals surface area (Å²) in [4.78, 5) is 49.6. The normalized spacial score (nSPS) is 14.1. The van der Waals surface area contributed by atoms with E-state index in [1.165, 1.54) is 43.3 Å². The first-order valence-corrected chi connectivity index (χ1v) is 13.2. The number of ether oxygens (including phenoxy) is 3. The van der Waals surface area contributed by atoms with Gasteiger partial charge < -0.3 is 14.2 Å². The van der Waals surface area contributed by atoms with Gasteiger partial charge in [-0.3, -0.25) is 9.59 Å². The maximum absolute atomic E-state index is 14.6. The third-order valence-electron chi connectivity index (χ3n) is 5.78. The zero-order valence-electron chi connectivity index (χ0n) is 21.2. The predicted molar refractivity (Wildman–Crippen MR) is 138 cm³/mol. The lowest BCUT2D eigenvalue weighted by molar-refractivity contribution is -0.167. The molecule has 1 heterocycles. The third-order valence-corrected chi connectivity index (χ3v) is 6.92. The smallest absolute Gasteiger partial charge is 0.458 e. The molecule has 0 radical (unpaired) electrons. The zero-order chi connectivity index (χ0) is 29.9. The number of esters is 2. The Bertz CT molecular complexity index is 1600. The first kappa shape index (κ1) is 29.5. The Hall–Kier alpha value is -4.53. The number of halogens is 2. The van der Waals surface area contributed by atoms with Gasteiger partial charge in [-0.1, -0.05) is 49.1 Å². The molecular weight excluding hydrogens is 568 g/mol. The van der Waals surface area contributed by atoms with Gasteiger partial charge in [0, 0.05) is 5.39 Å². The highest BCUT2D eigenvalue weighted by Gasteiger charge is 2.58. The highest BCUT2D eigenvalue weighted by atomic mass is 32.2. The molecule has 0 N–H and O–H groups in total. The van der Waals surface area contributed by atoms with E-state index in [1.807, 2.05) is 0 Å². The van der Waals surface area contributed by atoms with Crippen LogP contribution in [0.4, 0.5) is 8.78 Å². The molecule has 41 heavy (non-hydrogen) atoms. The van der Waals surface area contributed by atoms with E-state index in [1.54, 1.807) is 30.3 Å². The SMILES string of the molecule is C=Cc1ccc(C(=O)OC(C)OCCOC(=O)C(F)(F)S(=O)(=O)ON2C(=O)c3cccc4cccc(c34)C2=O)cc1. The Morgan fingerprint density at radius 2 is 1.56 bits per heavy atom. The molecule has 2 amide bonds. The Morgan fingerprint density at radius 3 is 2.12 bits per heavy atom. The summed E-state index contributed by atoms with van der Waals surface area (Å²) in [6, 6.07) is 14.8. The minimum Gasteiger partial charge on any atom is -0.458 e. The summed E-state index contributed by atoms with van der Waals surface area (Å²) >= 11 is 0. The van der Waals surface area contributed by atoms with Gasteiger partial charge in [-0.15, -0.1) is 9.35 Å². The summed E-state index contributed by atoms with van der Waals surface area (Å²) in [6.45, 7) is 3.49. The van der Waals surface area contributed by atoms with E-state index in [0.717, 1.165) is 5.56 Å². The van der Waals surface area contributed by atoms with Crippen LogP contribution < -0.4 is 0 Å². The van der Waals surface area contributed by atoms with Crippen LogP contribution in [0.5, 0.6) is 0 Å². The highest BCUT2D eigenvalue weighted by molar-refractivity contribution is 7.88. The molecule has 11 nitrogen and oxygen atoms in total. The second-order valence-electron chi connectivity index (χ2n) is 8.47. The quantitative estimate of drug-likeness (QED) is 0.141. The summed E-state index contributed by atoms with van der Waals surface area (Å²) in [5, 5.41) is -4.99. The Labute approximate surface area is 231 Å². The topological polar surface area (TPSA) is 143 Å². The van der Waals surface area contributed by atoms with Crippen molar-refractivity contribution >= 4 is 50.7 Å². The predicted octanol–water partition coefficient (Wildman–Crippen LogP) is 3.70. The lowest BCUT2D eigenvalue weighted by atomic mass is 9.95. The number of benzene rings is 3. The number of hydrogen-bond acceptors (Lipinski definition) is 10. The maximum atomic E-state index is 14.6. The van der Waals surface area contributed by atoms with E-state index in [-0.39, 0.29) is 27.1 Å². The second-order valence-corrected chi connectivity index (χ2v) is 10.0. The lowest BCUT2D eigenvalue weighted by Gasteiger charge is -2.26. The summed E-state index contributed by atoms with van der Waals surface area (Å²) in [7, 11) is -6.24. The zero-order valence-corrected chi connectivity index (χ0v) is 22.1. The molecular formula is C27H21F2NO10S. The number of hydroxylamine groups is 2. The number of amides is 2. The molecule has 214 valence electrons. The van der Waals surface area contributed by atoms with Crippen LogP contribution in [0.25, 0.3) is 16.8 Å². The summed E-state index contributed by atoms with van der Waals surface area (Å²) in [5.74, 6) is -5.94. The number of nitrogens with zero attached hydrogens (tertiary/aromatic N) is 1. The Balaban J connectivity index is 1.33. The number of alkyl halides is 2. The van der Waals surface area contributed by atoms with Crippen LogP contribution >= 0.6 is 0 Å². The van der Waals surface area contributed by atoms with Crippen LogP contribution in [0.2, 0.25) is 0 Å². The number of carbonyl (C=O) groups is 4. The monoisotopic (exact) mass is 589 g/mol. The maximum Gasteiger partial charge on any atom is 0.467 e. The molecule has 1 atom stereocenters. The summed E-state index contributed by atoms with van der Waals surface area (Å²) in [6.07, 6.45) is 0.395. The molecule has 1 aliphatic rings. The number of carbonyl (C=O) groups excluding carboxylic acids is 4. The fourth-order valence-corrected chi connectivity index (χ4v) is 4.45. The molecule has 0 bridgehead atoms. The first-order valence-electron chi connectivity index (χ1n) is 11.8.